The molecular formula is C21H27FN6O. The number of amides is 2. The second kappa shape index (κ2) is 8.89. The first kappa shape index (κ1) is 20.6. The number of benzene rings is 1. The van der Waals surface area contributed by atoms with Crippen LogP contribution < -0.4 is 10.6 Å². The van der Waals surface area contributed by atoms with Gasteiger partial charge < -0.3 is 15.2 Å². The maximum absolute atomic E-state index is 14.4. The number of imidazole rings is 1. The fraction of sp³-hybridized carbons (Fsp3) is 0.381. The summed E-state index contributed by atoms with van der Waals surface area (Å²) in [6.45, 7) is 9.37. The van der Waals surface area contributed by atoms with Gasteiger partial charge in [-0.2, -0.15) is 5.10 Å². The second-order valence-corrected chi connectivity index (χ2v) is 7.41. The Balaban J connectivity index is 1.47. The highest BCUT2D eigenvalue weighted by Crippen LogP contribution is 2.16. The Morgan fingerprint density at radius 1 is 1.21 bits per heavy atom. The van der Waals surface area contributed by atoms with Gasteiger partial charge in [-0.15, -0.1) is 0 Å². The van der Waals surface area contributed by atoms with Crippen molar-refractivity contribution in [3.8, 4) is 5.69 Å². The molecule has 0 bridgehead atoms. The van der Waals surface area contributed by atoms with E-state index in [0.29, 0.717) is 23.6 Å². The van der Waals surface area contributed by atoms with E-state index in [1.54, 1.807) is 29.1 Å². The molecule has 154 valence electrons. The molecule has 7 nitrogen and oxygen atoms in total. The number of hydrogen-bond donors (Lipinski definition) is 2. The van der Waals surface area contributed by atoms with Crippen LogP contribution in [-0.4, -0.2) is 31.9 Å². The number of urea groups is 1. The molecule has 2 N–H and O–H groups in total. The number of carbonyl (C=O) groups is 1. The highest BCUT2D eigenvalue weighted by atomic mass is 19.1. The molecule has 1 aromatic carbocycles. The first-order valence-corrected chi connectivity index (χ1v) is 9.65. The number of carbonyl (C=O) groups excluding carboxylic acids is 1. The highest BCUT2D eigenvalue weighted by molar-refractivity contribution is 5.73. The number of hydrogen-bond acceptors (Lipinski definition) is 3. The Labute approximate surface area is 170 Å². The van der Waals surface area contributed by atoms with Gasteiger partial charge in [0.05, 0.1) is 11.4 Å². The molecule has 2 heterocycles. The van der Waals surface area contributed by atoms with Crippen LogP contribution in [0.4, 0.5) is 9.18 Å². The van der Waals surface area contributed by atoms with E-state index in [-0.39, 0.29) is 24.3 Å². The summed E-state index contributed by atoms with van der Waals surface area (Å²) in [6.07, 6.45) is 3.34. The summed E-state index contributed by atoms with van der Waals surface area (Å²) in [4.78, 5) is 16.2. The molecule has 1 atom stereocenters. The van der Waals surface area contributed by atoms with Gasteiger partial charge in [0.15, 0.2) is 0 Å². The number of rotatable bonds is 7. The second-order valence-electron chi connectivity index (χ2n) is 7.41. The molecule has 3 aromatic rings. The lowest BCUT2D eigenvalue weighted by Crippen LogP contribution is -2.38. The molecule has 0 saturated heterocycles. The Morgan fingerprint density at radius 2 is 2.00 bits per heavy atom. The van der Waals surface area contributed by atoms with E-state index < -0.39 is 0 Å². The third-order valence-electron chi connectivity index (χ3n) is 4.75. The largest absolute Gasteiger partial charge is 0.338 e. The molecule has 0 fully saturated rings. The van der Waals surface area contributed by atoms with Crippen LogP contribution in [0.15, 0.2) is 36.7 Å². The monoisotopic (exact) mass is 398 g/mol. The van der Waals surface area contributed by atoms with Crippen molar-refractivity contribution >= 4 is 6.03 Å². The van der Waals surface area contributed by atoms with Crippen molar-refractivity contribution in [2.45, 2.75) is 40.8 Å². The predicted molar refractivity (Wildman–Crippen MR) is 109 cm³/mol. The molecule has 29 heavy (non-hydrogen) atoms. The van der Waals surface area contributed by atoms with Gasteiger partial charge >= 0.3 is 6.03 Å². The summed E-state index contributed by atoms with van der Waals surface area (Å²) in [5, 5.41) is 10.1. The van der Waals surface area contributed by atoms with Gasteiger partial charge in [-0.25, -0.2) is 14.2 Å². The molecule has 0 radical (unpaired) electrons. The van der Waals surface area contributed by atoms with Crippen molar-refractivity contribution in [3.05, 3.63) is 65.3 Å². The lowest BCUT2D eigenvalue weighted by Gasteiger charge is -2.15. The fourth-order valence-electron chi connectivity index (χ4n) is 3.22. The lowest BCUT2D eigenvalue weighted by molar-refractivity contribution is 0.238. The summed E-state index contributed by atoms with van der Waals surface area (Å²) in [6, 6.07) is 6.67. The molecule has 0 aliphatic heterocycles. The zero-order valence-electron chi connectivity index (χ0n) is 17.2. The maximum atomic E-state index is 14.4. The fourth-order valence-corrected chi connectivity index (χ4v) is 3.22. The van der Waals surface area contributed by atoms with Crippen LogP contribution in [-0.2, 0) is 13.1 Å². The van der Waals surface area contributed by atoms with Crippen molar-refractivity contribution < 1.29 is 9.18 Å². The average molecular weight is 398 g/mol. The Hall–Kier alpha value is -3.16. The molecule has 1 unspecified atom stereocenters. The molecule has 3 rings (SSSR count). The van der Waals surface area contributed by atoms with Gasteiger partial charge in [0.25, 0.3) is 0 Å². The minimum atomic E-state index is -0.357. The smallest absolute Gasteiger partial charge is 0.315 e. The van der Waals surface area contributed by atoms with Crippen LogP contribution in [0, 0.1) is 32.5 Å². The molecule has 8 heteroatoms. The van der Waals surface area contributed by atoms with E-state index in [0.717, 1.165) is 17.9 Å². The summed E-state index contributed by atoms with van der Waals surface area (Å²) < 4.78 is 18.1. The van der Waals surface area contributed by atoms with E-state index >= 15 is 0 Å². The van der Waals surface area contributed by atoms with Gasteiger partial charge in [0, 0.05) is 37.7 Å². The normalized spacial score (nSPS) is 12.0. The molecule has 0 aliphatic carbocycles. The first-order chi connectivity index (χ1) is 13.8. The lowest BCUT2D eigenvalue weighted by atomic mass is 10.2. The van der Waals surface area contributed by atoms with Crippen molar-refractivity contribution in [2.24, 2.45) is 5.92 Å². The zero-order valence-corrected chi connectivity index (χ0v) is 17.2. The molecule has 2 aromatic heterocycles. The van der Waals surface area contributed by atoms with Gasteiger partial charge in [-0.3, -0.25) is 4.68 Å². The van der Waals surface area contributed by atoms with Gasteiger partial charge in [-0.05, 0) is 50.5 Å². The number of halogens is 1. The van der Waals surface area contributed by atoms with Crippen LogP contribution in [0.3, 0.4) is 0 Å². The average Bonchev–Trinajstić information content (AvgIpc) is 3.23. The maximum Gasteiger partial charge on any atom is 0.315 e. The molecule has 0 spiro atoms. The van der Waals surface area contributed by atoms with Crippen LogP contribution in [0.5, 0.6) is 0 Å². The van der Waals surface area contributed by atoms with Crippen molar-refractivity contribution in [2.75, 3.05) is 6.54 Å². The third-order valence-corrected chi connectivity index (χ3v) is 4.75. The standard InChI is InChI=1S/C21H27FN6O/c1-14(13-28-16(3)9-15(2)26-28)11-24-21(29)25-12-18-5-6-20(19(22)10-18)27-8-7-23-17(27)4/h5-10,14H,11-13H2,1-4H3,(H2,24,25,29). The van der Waals surface area contributed by atoms with E-state index in [4.69, 9.17) is 0 Å². The van der Waals surface area contributed by atoms with Gasteiger partial charge in [-0.1, -0.05) is 13.0 Å². The van der Waals surface area contributed by atoms with Crippen molar-refractivity contribution in [1.29, 1.82) is 0 Å². The number of aromatic nitrogens is 4. The first-order valence-electron chi connectivity index (χ1n) is 9.65. The molecule has 0 saturated carbocycles. The minimum Gasteiger partial charge on any atom is -0.338 e. The van der Waals surface area contributed by atoms with E-state index in [2.05, 4.69) is 27.6 Å². The third kappa shape index (κ3) is 5.22. The van der Waals surface area contributed by atoms with E-state index in [1.807, 2.05) is 31.5 Å². The van der Waals surface area contributed by atoms with Crippen molar-refractivity contribution in [1.82, 2.24) is 30.0 Å². The Bertz CT molecular complexity index is 993. The van der Waals surface area contributed by atoms with Crippen LogP contribution >= 0.6 is 0 Å². The zero-order chi connectivity index (χ0) is 21.0. The molecule has 0 aliphatic rings. The number of nitrogens with zero attached hydrogens (tertiary/aromatic N) is 4. The summed E-state index contributed by atoms with van der Waals surface area (Å²) in [7, 11) is 0. The summed E-state index contributed by atoms with van der Waals surface area (Å²) in [5.74, 6) is 0.585. The highest BCUT2D eigenvalue weighted by Gasteiger charge is 2.11. The van der Waals surface area contributed by atoms with Crippen LogP contribution in [0.2, 0.25) is 0 Å². The summed E-state index contributed by atoms with van der Waals surface area (Å²) in [5.41, 5.74) is 3.22. The topological polar surface area (TPSA) is 76.8 Å². The van der Waals surface area contributed by atoms with Crippen LogP contribution in [0.1, 0.15) is 29.7 Å². The Morgan fingerprint density at radius 3 is 2.62 bits per heavy atom. The number of aryl methyl sites for hydroxylation is 3. The van der Waals surface area contributed by atoms with Gasteiger partial charge in [0.2, 0.25) is 0 Å². The minimum absolute atomic E-state index is 0.230. The number of nitrogens with one attached hydrogen (secondary N) is 2. The van der Waals surface area contributed by atoms with Crippen molar-refractivity contribution in [3.63, 3.8) is 0 Å². The Kier molecular flexibility index (Phi) is 6.31. The quantitative estimate of drug-likeness (QED) is 0.641. The van der Waals surface area contributed by atoms with E-state index in [1.165, 1.54) is 6.07 Å². The van der Waals surface area contributed by atoms with Crippen LogP contribution in [0.25, 0.3) is 5.69 Å². The molecular weight excluding hydrogens is 371 g/mol. The summed E-state index contributed by atoms with van der Waals surface area (Å²) >= 11 is 0. The molecule has 2 amide bonds. The van der Waals surface area contributed by atoms with E-state index in [9.17, 15) is 9.18 Å². The SMILES string of the molecule is Cc1cc(C)n(CC(C)CNC(=O)NCc2ccc(-n3ccnc3C)c(F)c2)n1. The van der Waals surface area contributed by atoms with Gasteiger partial charge in [0.1, 0.15) is 11.6 Å². The predicted octanol–water partition coefficient (Wildman–Crippen LogP) is 3.27.